The van der Waals surface area contributed by atoms with Crippen LogP contribution in [0.1, 0.15) is 24.2 Å². The lowest BCUT2D eigenvalue weighted by Gasteiger charge is -2.34. The smallest absolute Gasteiger partial charge is 0.226 e. The van der Waals surface area contributed by atoms with Crippen molar-refractivity contribution in [2.45, 2.75) is 26.1 Å². The van der Waals surface area contributed by atoms with Crippen molar-refractivity contribution in [3.63, 3.8) is 0 Å². The van der Waals surface area contributed by atoms with Crippen LogP contribution in [0.3, 0.4) is 0 Å². The van der Waals surface area contributed by atoms with E-state index in [0.717, 1.165) is 35.7 Å². The Bertz CT molecular complexity index is 951. The average Bonchev–Trinajstić information content (AvgIpc) is 3.39. The molecule has 0 amide bonds. The fraction of sp³-hybridized carbons (Fsp3) is 0.400. The molecule has 0 bridgehead atoms. The molecule has 8 heteroatoms. The number of benzene rings is 1. The highest BCUT2D eigenvalue weighted by Crippen LogP contribution is 2.28. The summed E-state index contributed by atoms with van der Waals surface area (Å²) in [5, 5.41) is 4.38. The van der Waals surface area contributed by atoms with Crippen LogP contribution in [0.15, 0.2) is 47.3 Å². The Balaban J connectivity index is 1.51. The predicted molar refractivity (Wildman–Crippen MR) is 107 cm³/mol. The number of ether oxygens (including phenoxy) is 1. The Kier molecular flexibility index (Phi) is 5.59. The summed E-state index contributed by atoms with van der Waals surface area (Å²) in [6.07, 6.45) is 5.64. The lowest BCUT2D eigenvalue weighted by Crippen LogP contribution is -2.40. The highest BCUT2D eigenvalue weighted by molar-refractivity contribution is 7.85. The molecule has 0 unspecified atom stereocenters. The Morgan fingerprint density at radius 2 is 2.14 bits per heavy atom. The van der Waals surface area contributed by atoms with E-state index in [-0.39, 0.29) is 6.04 Å². The Morgan fingerprint density at radius 3 is 2.86 bits per heavy atom. The highest BCUT2D eigenvalue weighted by Gasteiger charge is 2.29. The quantitative estimate of drug-likeness (QED) is 0.633. The second-order valence-electron chi connectivity index (χ2n) is 6.80. The minimum Gasteiger partial charge on any atom is -0.497 e. The standard InChI is InChI=1S/C20H24N4O3S/c1-3-24-11-16(10-21-24)19-14-28(25)9-8-23(19)12-17-13-27-20(22-17)15-4-6-18(26-2)7-5-15/h4-7,10-11,13,19H,3,8-9,12,14H2,1-2H3/t19-,28+/m0/s1. The van der Waals surface area contributed by atoms with E-state index in [2.05, 4.69) is 21.9 Å². The van der Waals surface area contributed by atoms with Gasteiger partial charge in [-0.15, -0.1) is 0 Å². The van der Waals surface area contributed by atoms with Gasteiger partial charge < -0.3 is 9.15 Å². The third kappa shape index (κ3) is 4.02. The van der Waals surface area contributed by atoms with E-state index in [4.69, 9.17) is 9.15 Å². The van der Waals surface area contributed by atoms with Crippen molar-refractivity contribution in [2.24, 2.45) is 0 Å². The molecule has 1 aliphatic rings. The summed E-state index contributed by atoms with van der Waals surface area (Å²) < 4.78 is 25.0. The molecule has 28 heavy (non-hydrogen) atoms. The van der Waals surface area contributed by atoms with Crippen LogP contribution in [-0.4, -0.2) is 49.0 Å². The third-order valence-corrected chi connectivity index (χ3v) is 6.33. The van der Waals surface area contributed by atoms with Crippen LogP contribution >= 0.6 is 0 Å². The molecule has 0 N–H and O–H groups in total. The lowest BCUT2D eigenvalue weighted by molar-refractivity contribution is 0.206. The number of rotatable bonds is 6. The summed E-state index contributed by atoms with van der Waals surface area (Å²) >= 11 is 0. The molecular weight excluding hydrogens is 376 g/mol. The highest BCUT2D eigenvalue weighted by atomic mass is 32.2. The third-order valence-electron chi connectivity index (χ3n) is 5.01. The molecular formula is C20H24N4O3S. The summed E-state index contributed by atoms with van der Waals surface area (Å²) in [6.45, 7) is 4.30. The molecule has 0 spiro atoms. The number of hydrogen-bond acceptors (Lipinski definition) is 6. The minimum atomic E-state index is -0.804. The van der Waals surface area contributed by atoms with E-state index >= 15 is 0 Å². The van der Waals surface area contributed by atoms with Gasteiger partial charge in [-0.25, -0.2) is 4.98 Å². The van der Waals surface area contributed by atoms with Crippen molar-refractivity contribution >= 4 is 10.8 Å². The normalized spacial score (nSPS) is 20.4. The van der Waals surface area contributed by atoms with Gasteiger partial charge in [-0.1, -0.05) is 0 Å². The molecule has 4 rings (SSSR count). The van der Waals surface area contributed by atoms with E-state index in [1.807, 2.05) is 41.3 Å². The minimum absolute atomic E-state index is 0.0796. The fourth-order valence-electron chi connectivity index (χ4n) is 3.41. The summed E-state index contributed by atoms with van der Waals surface area (Å²) in [5.41, 5.74) is 2.88. The Morgan fingerprint density at radius 1 is 1.32 bits per heavy atom. The van der Waals surface area contributed by atoms with Crippen LogP contribution in [0.5, 0.6) is 5.75 Å². The zero-order valence-electron chi connectivity index (χ0n) is 16.1. The van der Waals surface area contributed by atoms with Gasteiger partial charge in [0.2, 0.25) is 5.89 Å². The SMILES string of the molecule is CCn1cc([C@@H]2C[S@](=O)CCN2Cc2coc(-c3ccc(OC)cc3)n2)cn1. The van der Waals surface area contributed by atoms with Crippen LogP contribution < -0.4 is 4.74 Å². The van der Waals surface area contributed by atoms with Gasteiger partial charge in [-0.2, -0.15) is 5.10 Å². The molecule has 3 aromatic rings. The monoisotopic (exact) mass is 400 g/mol. The molecule has 2 atom stereocenters. The van der Waals surface area contributed by atoms with Gasteiger partial charge in [0.25, 0.3) is 0 Å². The van der Waals surface area contributed by atoms with E-state index in [1.54, 1.807) is 13.4 Å². The van der Waals surface area contributed by atoms with Crippen molar-refractivity contribution in [1.29, 1.82) is 0 Å². The number of methoxy groups -OCH3 is 1. The maximum absolute atomic E-state index is 12.2. The second kappa shape index (κ2) is 8.28. The van der Waals surface area contributed by atoms with Crippen molar-refractivity contribution in [1.82, 2.24) is 19.7 Å². The van der Waals surface area contributed by atoms with E-state index in [0.29, 0.717) is 23.9 Å². The van der Waals surface area contributed by atoms with E-state index in [9.17, 15) is 4.21 Å². The van der Waals surface area contributed by atoms with Crippen LogP contribution in [0, 0.1) is 0 Å². The van der Waals surface area contributed by atoms with Gasteiger partial charge in [-0.05, 0) is 31.2 Å². The number of hydrogen-bond donors (Lipinski definition) is 0. The number of nitrogens with zero attached hydrogens (tertiary/aromatic N) is 4. The van der Waals surface area contributed by atoms with Gasteiger partial charge in [0.15, 0.2) is 0 Å². The molecule has 1 fully saturated rings. The molecule has 0 aliphatic carbocycles. The summed E-state index contributed by atoms with van der Waals surface area (Å²) in [7, 11) is 0.839. The largest absolute Gasteiger partial charge is 0.497 e. The van der Waals surface area contributed by atoms with Gasteiger partial charge in [0.1, 0.15) is 12.0 Å². The maximum Gasteiger partial charge on any atom is 0.226 e. The molecule has 3 heterocycles. The molecule has 7 nitrogen and oxygen atoms in total. The maximum atomic E-state index is 12.2. The first-order valence-electron chi connectivity index (χ1n) is 9.36. The van der Waals surface area contributed by atoms with Crippen molar-refractivity contribution in [2.75, 3.05) is 25.2 Å². The van der Waals surface area contributed by atoms with Crippen LogP contribution in [0.4, 0.5) is 0 Å². The lowest BCUT2D eigenvalue weighted by atomic mass is 10.1. The number of oxazole rings is 1. The van der Waals surface area contributed by atoms with E-state index < -0.39 is 10.8 Å². The summed E-state index contributed by atoms with van der Waals surface area (Å²) in [6, 6.07) is 7.72. The molecule has 1 saturated heterocycles. The molecule has 2 aromatic heterocycles. The van der Waals surface area contributed by atoms with Crippen LogP contribution in [0.25, 0.3) is 11.5 Å². The van der Waals surface area contributed by atoms with Crippen molar-refractivity contribution < 1.29 is 13.4 Å². The summed E-state index contributed by atoms with van der Waals surface area (Å²) in [5.74, 6) is 2.70. The summed E-state index contributed by atoms with van der Waals surface area (Å²) in [4.78, 5) is 6.97. The Labute approximate surface area is 166 Å². The van der Waals surface area contributed by atoms with Gasteiger partial charge in [0, 0.05) is 65.3 Å². The zero-order chi connectivity index (χ0) is 19.5. The first-order chi connectivity index (χ1) is 13.7. The van der Waals surface area contributed by atoms with Crippen molar-refractivity contribution in [3.8, 4) is 17.2 Å². The van der Waals surface area contributed by atoms with E-state index in [1.165, 1.54) is 0 Å². The number of aromatic nitrogens is 3. The zero-order valence-corrected chi connectivity index (χ0v) is 16.9. The predicted octanol–water partition coefficient (Wildman–Crippen LogP) is 2.87. The van der Waals surface area contributed by atoms with Crippen LogP contribution in [0.2, 0.25) is 0 Å². The second-order valence-corrected chi connectivity index (χ2v) is 8.42. The Hall–Kier alpha value is -2.45. The van der Waals surface area contributed by atoms with Crippen LogP contribution in [-0.2, 0) is 23.9 Å². The van der Waals surface area contributed by atoms with Gasteiger partial charge in [0.05, 0.1) is 19.0 Å². The molecule has 0 saturated carbocycles. The van der Waals surface area contributed by atoms with Gasteiger partial charge in [-0.3, -0.25) is 13.8 Å². The van der Waals surface area contributed by atoms with Crippen molar-refractivity contribution in [3.05, 3.63) is 54.2 Å². The molecule has 1 aromatic carbocycles. The molecule has 1 aliphatic heterocycles. The average molecular weight is 401 g/mol. The molecule has 0 radical (unpaired) electrons. The van der Waals surface area contributed by atoms with Gasteiger partial charge >= 0.3 is 0 Å². The molecule has 148 valence electrons. The topological polar surface area (TPSA) is 73.4 Å². The first kappa shape index (κ1) is 18.9. The fourth-order valence-corrected chi connectivity index (χ4v) is 4.77. The number of aryl methyl sites for hydroxylation is 1. The first-order valence-corrected chi connectivity index (χ1v) is 10.8.